The second kappa shape index (κ2) is 5.89. The zero-order valence-electron chi connectivity index (χ0n) is 12.1. The van der Waals surface area contributed by atoms with Gasteiger partial charge in [-0.3, -0.25) is 14.5 Å². The van der Waals surface area contributed by atoms with Gasteiger partial charge in [0.25, 0.3) is 0 Å². The van der Waals surface area contributed by atoms with Crippen molar-refractivity contribution < 1.29 is 14.7 Å². The average molecular weight is 399 g/mol. The van der Waals surface area contributed by atoms with E-state index >= 15 is 0 Å². The molecule has 1 saturated heterocycles. The number of rotatable bonds is 5. The summed E-state index contributed by atoms with van der Waals surface area (Å²) in [6, 6.07) is 0. The first-order valence-electron chi connectivity index (χ1n) is 6.35. The predicted molar refractivity (Wildman–Crippen MR) is 86.0 cm³/mol. The number of likely N-dealkylation sites (tertiary alicyclic amines) is 1. The Hall–Kier alpha value is 0.180. The Kier molecular flexibility index (Phi) is 5.34. The lowest BCUT2D eigenvalue weighted by molar-refractivity contribution is -0.146. The van der Waals surface area contributed by atoms with Gasteiger partial charge in [-0.25, -0.2) is 0 Å². The lowest BCUT2D eigenvalue weighted by atomic mass is 9.76. The van der Waals surface area contributed by atoms with Gasteiger partial charge in [0.05, 0.1) is 6.10 Å². The van der Waals surface area contributed by atoms with Gasteiger partial charge in [0.15, 0.2) is 0 Å². The maximum absolute atomic E-state index is 12.3. The summed E-state index contributed by atoms with van der Waals surface area (Å²) in [6.45, 7) is 9.44. The van der Waals surface area contributed by atoms with Gasteiger partial charge in [-0.2, -0.15) is 0 Å². The van der Waals surface area contributed by atoms with Crippen LogP contribution in [0.4, 0.5) is 0 Å². The van der Waals surface area contributed by atoms with Crippen molar-refractivity contribution in [1.82, 2.24) is 4.90 Å². The highest BCUT2D eigenvalue weighted by Crippen LogP contribution is 2.39. The number of carbonyl (C=O) groups is 2. The first kappa shape index (κ1) is 17.2. The molecular weight excluding hydrogens is 377 g/mol. The normalized spacial score (nSPS) is 23.1. The largest absolute Gasteiger partial charge is 0.393 e. The van der Waals surface area contributed by atoms with Crippen molar-refractivity contribution in [3.63, 3.8) is 0 Å². The van der Waals surface area contributed by atoms with Crippen LogP contribution in [0.3, 0.4) is 0 Å². The van der Waals surface area contributed by atoms with Crippen LogP contribution in [0.5, 0.6) is 0 Å². The van der Waals surface area contributed by atoms with Crippen LogP contribution < -0.4 is 0 Å². The highest BCUT2D eigenvalue weighted by atomic mass is 127. The van der Waals surface area contributed by atoms with Gasteiger partial charge in [-0.1, -0.05) is 22.8 Å². The number of carbonyl (C=O) groups excluding carboxylic acids is 2. The van der Waals surface area contributed by atoms with Crippen LogP contribution in [0.1, 0.15) is 47.5 Å². The van der Waals surface area contributed by atoms with Crippen LogP contribution in [-0.4, -0.2) is 38.7 Å². The zero-order chi connectivity index (χ0) is 15.0. The lowest BCUT2D eigenvalue weighted by Gasteiger charge is -2.41. The quantitative estimate of drug-likeness (QED) is 0.571. The van der Waals surface area contributed by atoms with Crippen molar-refractivity contribution >= 4 is 42.0 Å². The van der Waals surface area contributed by atoms with Gasteiger partial charge in [-0.05, 0) is 53.8 Å². The van der Waals surface area contributed by atoms with Crippen LogP contribution in [0.2, 0.25) is 0 Å². The lowest BCUT2D eigenvalue weighted by Crippen LogP contribution is -2.51. The number of hydrogen-bond acceptors (Lipinski definition) is 4. The zero-order valence-corrected chi connectivity index (χ0v) is 15.0. The molecule has 2 unspecified atom stereocenters. The van der Waals surface area contributed by atoms with Crippen molar-refractivity contribution in [3.8, 4) is 0 Å². The summed E-state index contributed by atoms with van der Waals surface area (Å²) in [6.07, 6.45) is 0.369. The van der Waals surface area contributed by atoms with Gasteiger partial charge < -0.3 is 5.11 Å². The first-order chi connectivity index (χ1) is 8.53. The summed E-state index contributed by atoms with van der Waals surface area (Å²) in [4.78, 5) is 25.7. The van der Waals surface area contributed by atoms with Crippen molar-refractivity contribution in [1.29, 1.82) is 0 Å². The maximum atomic E-state index is 12.3. The number of aliphatic hydroxyl groups is 1. The fourth-order valence-corrected chi connectivity index (χ4v) is 4.23. The number of aliphatic hydroxyl groups excluding tert-OH is 1. The molecular formula is C13H22INO3S. The molecule has 19 heavy (non-hydrogen) atoms. The molecule has 0 saturated carbocycles. The smallest absolute Gasteiger partial charge is 0.244 e. The van der Waals surface area contributed by atoms with Gasteiger partial charge in [0, 0.05) is 12.0 Å². The van der Waals surface area contributed by atoms with E-state index in [9.17, 15) is 14.7 Å². The molecule has 1 aliphatic rings. The third-order valence-electron chi connectivity index (χ3n) is 3.84. The molecule has 110 valence electrons. The highest BCUT2D eigenvalue weighted by Gasteiger charge is 2.48. The van der Waals surface area contributed by atoms with Crippen molar-refractivity contribution in [2.45, 2.75) is 64.4 Å². The van der Waals surface area contributed by atoms with E-state index in [1.807, 2.05) is 27.7 Å². The van der Waals surface area contributed by atoms with Gasteiger partial charge >= 0.3 is 0 Å². The van der Waals surface area contributed by atoms with E-state index in [0.29, 0.717) is 6.42 Å². The van der Waals surface area contributed by atoms with E-state index in [0.717, 1.165) is 0 Å². The van der Waals surface area contributed by atoms with E-state index in [4.69, 9.17) is 0 Å². The Morgan fingerprint density at radius 1 is 1.42 bits per heavy atom. The van der Waals surface area contributed by atoms with Crippen molar-refractivity contribution in [2.24, 2.45) is 5.41 Å². The summed E-state index contributed by atoms with van der Waals surface area (Å²) in [5.41, 5.74) is -0.921. The van der Waals surface area contributed by atoms with Crippen LogP contribution in [0.25, 0.3) is 0 Å². The number of amides is 2. The molecule has 0 bridgehead atoms. The molecule has 1 fully saturated rings. The average Bonchev–Trinajstić information content (AvgIpc) is 2.52. The molecule has 0 spiro atoms. The fraction of sp³-hybridized carbons (Fsp3) is 0.846. The minimum Gasteiger partial charge on any atom is -0.393 e. The molecule has 1 heterocycles. The van der Waals surface area contributed by atoms with Crippen LogP contribution in [0.15, 0.2) is 0 Å². The number of hydrogen-bond donors (Lipinski definition) is 1. The summed E-state index contributed by atoms with van der Waals surface area (Å²) < 4.78 is 0. The summed E-state index contributed by atoms with van der Waals surface area (Å²) in [5, 5.41) is 9.56. The second-order valence-electron chi connectivity index (χ2n) is 6.50. The Morgan fingerprint density at radius 2 is 1.95 bits per heavy atom. The standard InChI is InChI=1S/C13H22INO3S/c1-8(16)12(2,3)7-13(4,5)15-10(17)6-9(19-14)11(15)18/h8-9,16H,6-7H2,1-5H3. The van der Waals surface area contributed by atoms with E-state index in [1.165, 1.54) is 13.8 Å². The van der Waals surface area contributed by atoms with E-state index in [2.05, 4.69) is 21.2 Å². The summed E-state index contributed by atoms with van der Waals surface area (Å²) in [5.74, 6) is -0.207. The molecule has 2 atom stereocenters. The molecule has 1 aliphatic heterocycles. The number of halogens is 1. The fourth-order valence-electron chi connectivity index (χ4n) is 2.65. The van der Waals surface area contributed by atoms with Gasteiger partial charge in [0.1, 0.15) is 5.25 Å². The molecule has 4 nitrogen and oxygen atoms in total. The summed E-state index contributed by atoms with van der Waals surface area (Å²) >= 11 is 2.07. The van der Waals surface area contributed by atoms with Gasteiger partial charge in [0.2, 0.25) is 11.8 Å². The van der Waals surface area contributed by atoms with Crippen molar-refractivity contribution in [3.05, 3.63) is 0 Å². The molecule has 0 aromatic rings. The molecule has 0 aliphatic carbocycles. The predicted octanol–water partition coefficient (Wildman–Crippen LogP) is 2.77. The number of nitrogens with zero attached hydrogens (tertiary/aromatic N) is 1. The van der Waals surface area contributed by atoms with Crippen LogP contribution in [0, 0.1) is 5.41 Å². The van der Waals surface area contributed by atoms with Crippen LogP contribution >= 0.6 is 30.1 Å². The Morgan fingerprint density at radius 3 is 2.32 bits per heavy atom. The Balaban J connectivity index is 2.94. The third kappa shape index (κ3) is 3.64. The topological polar surface area (TPSA) is 57.6 Å². The van der Waals surface area contributed by atoms with Gasteiger partial charge in [-0.15, -0.1) is 0 Å². The Labute approximate surface area is 131 Å². The SMILES string of the molecule is CC(O)C(C)(C)CC(C)(C)N1C(=O)CC(SI)C1=O. The molecule has 1 N–H and O–H groups in total. The van der Waals surface area contributed by atoms with E-state index in [1.54, 1.807) is 6.92 Å². The van der Waals surface area contributed by atoms with E-state index < -0.39 is 11.6 Å². The minimum atomic E-state index is -0.574. The maximum Gasteiger partial charge on any atom is 0.244 e. The Bertz CT molecular complexity index is 382. The molecule has 0 aromatic heterocycles. The molecule has 2 amide bonds. The first-order valence-corrected chi connectivity index (χ1v) is 9.77. The second-order valence-corrected chi connectivity index (χ2v) is 8.78. The van der Waals surface area contributed by atoms with Crippen LogP contribution in [-0.2, 0) is 9.59 Å². The van der Waals surface area contributed by atoms with Crippen molar-refractivity contribution in [2.75, 3.05) is 0 Å². The summed E-state index contributed by atoms with van der Waals surface area (Å²) in [7, 11) is 1.40. The molecule has 1 rings (SSSR count). The molecule has 0 aromatic carbocycles. The van der Waals surface area contributed by atoms with E-state index in [-0.39, 0.29) is 28.9 Å². The monoisotopic (exact) mass is 399 g/mol. The molecule has 0 radical (unpaired) electrons. The molecule has 6 heteroatoms. The number of imide groups is 1. The highest BCUT2D eigenvalue weighted by molar-refractivity contribution is 14.2. The minimum absolute atomic E-state index is 0.101. The third-order valence-corrected chi connectivity index (χ3v) is 6.26.